The Bertz CT molecular complexity index is 330. The molecule has 0 aromatic carbocycles. The molecule has 1 aromatic heterocycles. The first-order valence-electron chi connectivity index (χ1n) is 4.31. The largest absolute Gasteiger partial charge is 0.465 e. The van der Waals surface area contributed by atoms with E-state index in [4.69, 9.17) is 4.42 Å². The molecule has 68 valence electrons. The van der Waals surface area contributed by atoms with E-state index in [0.29, 0.717) is 0 Å². The third-order valence-electron chi connectivity index (χ3n) is 1.32. The van der Waals surface area contributed by atoms with Crippen LogP contribution in [0.2, 0.25) is 19.6 Å². The molecule has 0 radical (unpaired) electrons. The summed E-state index contributed by atoms with van der Waals surface area (Å²) in [6.07, 6.45) is 5.38. The Hall–Kier alpha value is -1.20. The van der Waals surface area contributed by atoms with E-state index >= 15 is 0 Å². The van der Waals surface area contributed by atoms with E-state index in [-0.39, 0.29) is 0 Å². The van der Waals surface area contributed by atoms with Gasteiger partial charge in [-0.15, -0.1) is 5.54 Å². The minimum absolute atomic E-state index is 0.852. The number of rotatable bonds is 1. The van der Waals surface area contributed by atoms with Crippen LogP contribution < -0.4 is 0 Å². The predicted octanol–water partition coefficient (Wildman–Crippen LogP) is 3.17. The minimum Gasteiger partial charge on any atom is -0.465 e. The van der Waals surface area contributed by atoms with Crippen molar-refractivity contribution in [2.75, 3.05) is 0 Å². The Morgan fingerprint density at radius 1 is 1.38 bits per heavy atom. The summed E-state index contributed by atoms with van der Waals surface area (Å²) in [5.41, 5.74) is 3.24. The lowest BCUT2D eigenvalue weighted by Gasteiger charge is -2.01. The van der Waals surface area contributed by atoms with Crippen LogP contribution in [0, 0.1) is 11.5 Å². The zero-order valence-corrected chi connectivity index (χ0v) is 9.29. The van der Waals surface area contributed by atoms with Crippen LogP contribution in [0.25, 0.3) is 6.08 Å². The molecule has 0 saturated carbocycles. The monoisotopic (exact) mass is 190 g/mol. The van der Waals surface area contributed by atoms with Gasteiger partial charge in [-0.25, -0.2) is 0 Å². The first-order valence-corrected chi connectivity index (χ1v) is 7.81. The molecule has 0 saturated heterocycles. The predicted molar refractivity (Wildman–Crippen MR) is 58.9 cm³/mol. The Morgan fingerprint density at radius 3 is 2.69 bits per heavy atom. The van der Waals surface area contributed by atoms with E-state index in [0.717, 1.165) is 5.76 Å². The van der Waals surface area contributed by atoms with Gasteiger partial charge in [0.2, 0.25) is 0 Å². The first kappa shape index (κ1) is 9.88. The number of furan rings is 1. The highest BCUT2D eigenvalue weighted by atomic mass is 28.3. The van der Waals surface area contributed by atoms with Crippen molar-refractivity contribution in [3.63, 3.8) is 0 Å². The highest BCUT2D eigenvalue weighted by Crippen LogP contribution is 2.01. The van der Waals surface area contributed by atoms with E-state index in [9.17, 15) is 0 Å². The molecule has 0 aliphatic carbocycles. The molecule has 1 rings (SSSR count). The Labute approximate surface area is 80.5 Å². The van der Waals surface area contributed by atoms with Gasteiger partial charge in [-0.1, -0.05) is 25.6 Å². The fraction of sp³-hybridized carbons (Fsp3) is 0.273. The molecule has 0 aliphatic rings. The smallest absolute Gasteiger partial charge is 0.129 e. The molecular weight excluding hydrogens is 176 g/mol. The van der Waals surface area contributed by atoms with E-state index in [1.54, 1.807) is 6.26 Å². The van der Waals surface area contributed by atoms with Gasteiger partial charge >= 0.3 is 0 Å². The molecule has 0 unspecified atom stereocenters. The van der Waals surface area contributed by atoms with Gasteiger partial charge in [0.25, 0.3) is 0 Å². The van der Waals surface area contributed by atoms with Gasteiger partial charge in [-0.3, -0.25) is 0 Å². The molecule has 0 fully saturated rings. The SMILES string of the molecule is C[Si](C)(C)C#C/C=C\c1ccco1. The van der Waals surface area contributed by atoms with E-state index in [1.165, 1.54) is 0 Å². The van der Waals surface area contributed by atoms with Crippen molar-refractivity contribution in [2.24, 2.45) is 0 Å². The van der Waals surface area contributed by atoms with Crippen LogP contribution in [-0.4, -0.2) is 8.07 Å². The molecule has 1 nitrogen and oxygen atoms in total. The van der Waals surface area contributed by atoms with Crippen LogP contribution in [0.5, 0.6) is 0 Å². The van der Waals surface area contributed by atoms with Gasteiger partial charge < -0.3 is 4.42 Å². The fourth-order valence-corrected chi connectivity index (χ4v) is 1.28. The molecule has 0 N–H and O–H groups in total. The van der Waals surface area contributed by atoms with Crippen LogP contribution in [-0.2, 0) is 0 Å². The van der Waals surface area contributed by atoms with Gasteiger partial charge in [0.1, 0.15) is 13.8 Å². The standard InChI is InChI=1S/C11H14OSi/c1-13(2,3)10-5-4-7-11-8-6-9-12-11/h4,6-9H,1-3H3/b7-4-. The summed E-state index contributed by atoms with van der Waals surface area (Å²) in [5.74, 6) is 3.89. The van der Waals surface area contributed by atoms with Crippen molar-refractivity contribution in [1.82, 2.24) is 0 Å². The normalized spacial score (nSPS) is 11.3. The topological polar surface area (TPSA) is 13.1 Å². The first-order chi connectivity index (χ1) is 6.08. The second-order valence-electron chi connectivity index (χ2n) is 3.87. The molecule has 0 bridgehead atoms. The molecule has 0 spiro atoms. The summed E-state index contributed by atoms with van der Waals surface area (Å²) in [7, 11) is -1.22. The van der Waals surface area contributed by atoms with Gasteiger partial charge in [0, 0.05) is 0 Å². The average Bonchev–Trinajstić information content (AvgIpc) is 2.48. The zero-order valence-electron chi connectivity index (χ0n) is 8.29. The van der Waals surface area contributed by atoms with Crippen molar-refractivity contribution >= 4 is 14.1 Å². The quantitative estimate of drug-likeness (QED) is 0.489. The highest BCUT2D eigenvalue weighted by molar-refractivity contribution is 6.83. The maximum atomic E-state index is 5.12. The van der Waals surface area contributed by atoms with Gasteiger partial charge in [0.05, 0.1) is 6.26 Å². The van der Waals surface area contributed by atoms with Gasteiger partial charge in [-0.05, 0) is 24.3 Å². The third-order valence-corrected chi connectivity index (χ3v) is 2.22. The van der Waals surface area contributed by atoms with E-state index in [1.807, 2.05) is 24.3 Å². The summed E-state index contributed by atoms with van der Waals surface area (Å²) in [6.45, 7) is 6.67. The van der Waals surface area contributed by atoms with Crippen LogP contribution in [0.1, 0.15) is 5.76 Å². The summed E-state index contributed by atoms with van der Waals surface area (Å²) >= 11 is 0. The lowest BCUT2D eigenvalue weighted by molar-refractivity contribution is 0.557. The zero-order chi connectivity index (χ0) is 9.73. The second-order valence-corrected chi connectivity index (χ2v) is 8.62. The van der Waals surface area contributed by atoms with E-state index in [2.05, 4.69) is 31.1 Å². The maximum absolute atomic E-state index is 5.12. The highest BCUT2D eigenvalue weighted by Gasteiger charge is 2.06. The summed E-state index contributed by atoms with van der Waals surface area (Å²) in [4.78, 5) is 0. The van der Waals surface area contributed by atoms with E-state index < -0.39 is 8.07 Å². The Balaban J connectivity index is 2.55. The minimum atomic E-state index is -1.22. The van der Waals surface area contributed by atoms with Crippen LogP contribution in [0.15, 0.2) is 28.9 Å². The molecule has 0 amide bonds. The van der Waals surface area contributed by atoms with Crippen molar-refractivity contribution < 1.29 is 4.42 Å². The summed E-state index contributed by atoms with van der Waals surface area (Å²) in [5, 5.41) is 0. The van der Waals surface area contributed by atoms with Gasteiger partial charge in [0.15, 0.2) is 0 Å². The second kappa shape index (κ2) is 4.15. The molecule has 2 heteroatoms. The number of hydrogen-bond donors (Lipinski definition) is 0. The maximum Gasteiger partial charge on any atom is 0.129 e. The van der Waals surface area contributed by atoms with Crippen molar-refractivity contribution in [2.45, 2.75) is 19.6 Å². The van der Waals surface area contributed by atoms with Crippen molar-refractivity contribution in [3.8, 4) is 11.5 Å². The number of allylic oxidation sites excluding steroid dienone is 1. The average molecular weight is 190 g/mol. The van der Waals surface area contributed by atoms with Gasteiger partial charge in [-0.2, -0.15) is 0 Å². The van der Waals surface area contributed by atoms with Crippen molar-refractivity contribution in [3.05, 3.63) is 30.2 Å². The molecule has 1 aromatic rings. The number of hydrogen-bond acceptors (Lipinski definition) is 1. The Morgan fingerprint density at radius 2 is 2.15 bits per heavy atom. The van der Waals surface area contributed by atoms with Crippen LogP contribution >= 0.6 is 0 Å². The fourth-order valence-electron chi connectivity index (χ4n) is 0.768. The third kappa shape index (κ3) is 4.39. The summed E-state index contributed by atoms with van der Waals surface area (Å²) < 4.78 is 5.12. The molecule has 0 aliphatic heterocycles. The van der Waals surface area contributed by atoms with Crippen molar-refractivity contribution in [1.29, 1.82) is 0 Å². The molecule has 0 atom stereocenters. The van der Waals surface area contributed by atoms with Crippen LogP contribution in [0.4, 0.5) is 0 Å². The lowest BCUT2D eigenvalue weighted by Crippen LogP contribution is -2.16. The molecule has 1 heterocycles. The summed E-state index contributed by atoms with van der Waals surface area (Å²) in [6, 6.07) is 3.78. The lowest BCUT2D eigenvalue weighted by atomic mass is 10.4. The Kier molecular flexibility index (Phi) is 3.16. The van der Waals surface area contributed by atoms with Crippen LogP contribution in [0.3, 0.4) is 0 Å². The molecular formula is C11H14OSi. The molecule has 13 heavy (non-hydrogen) atoms.